The van der Waals surface area contributed by atoms with Gasteiger partial charge < -0.3 is 15.8 Å². The van der Waals surface area contributed by atoms with E-state index in [-0.39, 0.29) is 11.3 Å². The number of anilines is 2. The van der Waals surface area contributed by atoms with Crippen LogP contribution in [0.5, 0.6) is 0 Å². The van der Waals surface area contributed by atoms with E-state index in [2.05, 4.69) is 10.4 Å². The highest BCUT2D eigenvalue weighted by atomic mass is 35.5. The van der Waals surface area contributed by atoms with Gasteiger partial charge in [-0.3, -0.25) is 9.48 Å². The Kier molecular flexibility index (Phi) is 5.14. The van der Waals surface area contributed by atoms with Crippen molar-refractivity contribution in [3.63, 3.8) is 0 Å². The van der Waals surface area contributed by atoms with E-state index < -0.39 is 18.0 Å². The second-order valence-electron chi connectivity index (χ2n) is 5.44. The van der Waals surface area contributed by atoms with Crippen LogP contribution in [-0.4, -0.2) is 27.8 Å². The molecule has 0 unspecified atom stereocenters. The van der Waals surface area contributed by atoms with E-state index in [4.69, 9.17) is 22.1 Å². The Morgan fingerprint density at radius 2 is 2.04 bits per heavy atom. The van der Waals surface area contributed by atoms with E-state index in [1.807, 2.05) is 6.92 Å². The quantitative estimate of drug-likeness (QED) is 0.651. The summed E-state index contributed by atoms with van der Waals surface area (Å²) < 4.78 is 6.84. The number of hydrogen-bond donors (Lipinski definition) is 2. The predicted octanol–water partition coefficient (Wildman–Crippen LogP) is 2.46. The first-order chi connectivity index (χ1) is 11.2. The Labute approximate surface area is 144 Å². The number of esters is 1. The molecule has 128 valence electrons. The molecule has 1 heterocycles. The van der Waals surface area contributed by atoms with Gasteiger partial charge in [0, 0.05) is 7.05 Å². The van der Waals surface area contributed by atoms with Crippen LogP contribution >= 0.6 is 11.6 Å². The Bertz CT molecular complexity index is 801. The Morgan fingerprint density at radius 1 is 1.38 bits per heavy atom. The standard InChI is InChI=1S/C16H19ClN4O3/c1-8-14(9(2)21(4)20-8)19-15(22)10(3)24-16(23)11-5-6-12(17)13(18)7-11/h5-7,10H,18H2,1-4H3,(H,19,22)/t10-/m0/s1. The van der Waals surface area contributed by atoms with Crippen molar-refractivity contribution in [2.45, 2.75) is 26.9 Å². The number of nitrogens with two attached hydrogens (primary N) is 1. The molecule has 7 nitrogen and oxygen atoms in total. The second kappa shape index (κ2) is 6.92. The molecule has 2 aromatic rings. The van der Waals surface area contributed by atoms with Crippen LogP contribution in [0.25, 0.3) is 0 Å². The summed E-state index contributed by atoms with van der Waals surface area (Å²) in [7, 11) is 1.78. The highest BCUT2D eigenvalue weighted by Crippen LogP contribution is 2.21. The molecule has 0 spiro atoms. The van der Waals surface area contributed by atoms with Crippen molar-refractivity contribution in [1.29, 1.82) is 0 Å². The molecule has 0 aliphatic carbocycles. The molecule has 0 bridgehead atoms. The zero-order valence-corrected chi connectivity index (χ0v) is 14.6. The lowest BCUT2D eigenvalue weighted by Crippen LogP contribution is -2.30. The molecule has 0 aliphatic rings. The molecule has 1 aromatic heterocycles. The van der Waals surface area contributed by atoms with Gasteiger partial charge in [-0.1, -0.05) is 11.6 Å². The fourth-order valence-electron chi connectivity index (χ4n) is 2.13. The molecular weight excluding hydrogens is 332 g/mol. The van der Waals surface area contributed by atoms with Crippen LogP contribution in [-0.2, 0) is 16.6 Å². The van der Waals surface area contributed by atoms with Crippen LogP contribution in [0.4, 0.5) is 11.4 Å². The number of rotatable bonds is 4. The van der Waals surface area contributed by atoms with E-state index in [1.165, 1.54) is 25.1 Å². The second-order valence-corrected chi connectivity index (χ2v) is 5.85. The van der Waals surface area contributed by atoms with Gasteiger partial charge in [0.1, 0.15) is 0 Å². The van der Waals surface area contributed by atoms with E-state index in [0.717, 1.165) is 5.69 Å². The van der Waals surface area contributed by atoms with Gasteiger partial charge in [-0.05, 0) is 39.0 Å². The Hall–Kier alpha value is -2.54. The molecule has 24 heavy (non-hydrogen) atoms. The van der Waals surface area contributed by atoms with Crippen LogP contribution < -0.4 is 11.1 Å². The molecule has 2 rings (SSSR count). The molecule has 1 aromatic carbocycles. The molecule has 0 aliphatic heterocycles. The first-order valence-corrected chi connectivity index (χ1v) is 7.65. The number of nitrogen functional groups attached to an aromatic ring is 1. The summed E-state index contributed by atoms with van der Waals surface area (Å²) in [6, 6.07) is 4.40. The van der Waals surface area contributed by atoms with Crippen molar-refractivity contribution in [2.75, 3.05) is 11.1 Å². The first-order valence-electron chi connectivity index (χ1n) is 7.27. The molecule has 1 atom stereocenters. The number of nitrogens with one attached hydrogen (secondary N) is 1. The third-order valence-corrected chi connectivity index (χ3v) is 3.99. The van der Waals surface area contributed by atoms with Gasteiger partial charge in [-0.2, -0.15) is 5.10 Å². The molecule has 0 saturated heterocycles. The number of aryl methyl sites for hydroxylation is 2. The number of carbonyl (C=O) groups excluding carboxylic acids is 2. The lowest BCUT2D eigenvalue weighted by molar-refractivity contribution is -0.123. The van der Waals surface area contributed by atoms with Crippen molar-refractivity contribution in [2.24, 2.45) is 7.05 Å². The minimum Gasteiger partial charge on any atom is -0.449 e. The van der Waals surface area contributed by atoms with Gasteiger partial charge in [-0.15, -0.1) is 0 Å². The van der Waals surface area contributed by atoms with Crippen molar-refractivity contribution in [3.8, 4) is 0 Å². The summed E-state index contributed by atoms with van der Waals surface area (Å²) in [6.45, 7) is 5.12. The van der Waals surface area contributed by atoms with Crippen molar-refractivity contribution in [1.82, 2.24) is 9.78 Å². The first kappa shape index (κ1) is 17.8. The zero-order chi connectivity index (χ0) is 18.0. The highest BCUT2D eigenvalue weighted by Gasteiger charge is 2.21. The third kappa shape index (κ3) is 3.68. The van der Waals surface area contributed by atoms with Gasteiger partial charge in [-0.25, -0.2) is 4.79 Å². The van der Waals surface area contributed by atoms with Crippen LogP contribution in [0.1, 0.15) is 28.7 Å². The topological polar surface area (TPSA) is 99.2 Å². The van der Waals surface area contributed by atoms with Gasteiger partial charge in [0.2, 0.25) is 0 Å². The molecule has 3 N–H and O–H groups in total. The van der Waals surface area contributed by atoms with Crippen molar-refractivity contribution < 1.29 is 14.3 Å². The highest BCUT2D eigenvalue weighted by molar-refractivity contribution is 6.33. The predicted molar refractivity (Wildman–Crippen MR) is 92.1 cm³/mol. The molecule has 8 heteroatoms. The van der Waals surface area contributed by atoms with Crippen LogP contribution in [0.2, 0.25) is 5.02 Å². The maximum absolute atomic E-state index is 12.2. The number of benzene rings is 1. The van der Waals surface area contributed by atoms with Crippen LogP contribution in [0.3, 0.4) is 0 Å². The van der Waals surface area contributed by atoms with Crippen LogP contribution in [0.15, 0.2) is 18.2 Å². The summed E-state index contributed by atoms with van der Waals surface area (Å²) in [5.74, 6) is -1.09. The summed E-state index contributed by atoms with van der Waals surface area (Å²) in [5, 5.41) is 7.30. The Balaban J connectivity index is 2.05. The van der Waals surface area contributed by atoms with E-state index >= 15 is 0 Å². The number of aromatic nitrogens is 2. The van der Waals surface area contributed by atoms with Crippen molar-refractivity contribution in [3.05, 3.63) is 40.2 Å². The van der Waals surface area contributed by atoms with Crippen molar-refractivity contribution >= 4 is 34.9 Å². The fourth-order valence-corrected chi connectivity index (χ4v) is 2.25. The number of nitrogens with zero attached hydrogens (tertiary/aromatic N) is 2. The molecule has 0 saturated carbocycles. The van der Waals surface area contributed by atoms with Gasteiger partial charge in [0.15, 0.2) is 6.10 Å². The molecule has 0 fully saturated rings. The lowest BCUT2D eigenvalue weighted by Gasteiger charge is -2.14. The number of halogens is 1. The average molecular weight is 351 g/mol. The van der Waals surface area contributed by atoms with E-state index in [0.29, 0.717) is 16.4 Å². The largest absolute Gasteiger partial charge is 0.449 e. The minimum atomic E-state index is -0.978. The molecular formula is C16H19ClN4O3. The normalized spacial score (nSPS) is 11.9. The zero-order valence-electron chi connectivity index (χ0n) is 13.9. The lowest BCUT2D eigenvalue weighted by atomic mass is 10.2. The molecule has 0 radical (unpaired) electrons. The smallest absolute Gasteiger partial charge is 0.338 e. The maximum Gasteiger partial charge on any atom is 0.338 e. The van der Waals surface area contributed by atoms with Gasteiger partial charge in [0.25, 0.3) is 5.91 Å². The minimum absolute atomic E-state index is 0.227. The van der Waals surface area contributed by atoms with Crippen LogP contribution in [0, 0.1) is 13.8 Å². The maximum atomic E-state index is 12.2. The van der Waals surface area contributed by atoms with E-state index in [9.17, 15) is 9.59 Å². The average Bonchev–Trinajstić information content (AvgIpc) is 2.76. The number of carbonyl (C=O) groups is 2. The number of hydrogen-bond acceptors (Lipinski definition) is 5. The SMILES string of the molecule is Cc1nn(C)c(C)c1NC(=O)[C@H](C)OC(=O)c1ccc(Cl)c(N)c1. The molecule has 1 amide bonds. The summed E-state index contributed by atoms with van der Waals surface area (Å²) >= 11 is 5.81. The number of ether oxygens (including phenoxy) is 1. The van der Waals surface area contributed by atoms with Gasteiger partial charge >= 0.3 is 5.97 Å². The monoisotopic (exact) mass is 350 g/mol. The Morgan fingerprint density at radius 3 is 2.58 bits per heavy atom. The van der Waals surface area contributed by atoms with Gasteiger partial charge in [0.05, 0.1) is 33.3 Å². The number of amides is 1. The van der Waals surface area contributed by atoms with E-state index in [1.54, 1.807) is 18.7 Å². The third-order valence-electron chi connectivity index (χ3n) is 3.64. The summed E-state index contributed by atoms with van der Waals surface area (Å²) in [4.78, 5) is 24.3. The summed E-state index contributed by atoms with van der Waals surface area (Å²) in [6.07, 6.45) is -0.978. The summed E-state index contributed by atoms with van der Waals surface area (Å²) in [5.41, 5.74) is 8.26. The fraction of sp³-hybridized carbons (Fsp3) is 0.312.